The SMILES string of the molecule is NC(c1noc(C2C3CCc4ccccc4C32)n1)C1CC1. The van der Waals surface area contributed by atoms with Crippen LogP contribution in [0.3, 0.4) is 0 Å². The summed E-state index contributed by atoms with van der Waals surface area (Å²) in [5.41, 5.74) is 9.16. The van der Waals surface area contributed by atoms with Gasteiger partial charge in [-0.2, -0.15) is 4.98 Å². The van der Waals surface area contributed by atoms with Gasteiger partial charge in [0.25, 0.3) is 0 Å². The van der Waals surface area contributed by atoms with E-state index in [-0.39, 0.29) is 6.04 Å². The van der Waals surface area contributed by atoms with Crippen LogP contribution < -0.4 is 5.73 Å². The summed E-state index contributed by atoms with van der Waals surface area (Å²) >= 11 is 0. The molecule has 1 aromatic carbocycles. The lowest BCUT2D eigenvalue weighted by molar-refractivity contribution is 0.364. The highest BCUT2D eigenvalue weighted by Gasteiger charge is 2.56. The zero-order valence-corrected chi connectivity index (χ0v) is 11.9. The molecule has 0 amide bonds. The predicted molar refractivity (Wildman–Crippen MR) is 77.7 cm³/mol. The van der Waals surface area contributed by atoms with E-state index in [9.17, 15) is 0 Å². The maximum Gasteiger partial charge on any atom is 0.230 e. The highest BCUT2D eigenvalue weighted by atomic mass is 16.5. The van der Waals surface area contributed by atoms with Crippen LogP contribution in [0.2, 0.25) is 0 Å². The van der Waals surface area contributed by atoms with Crippen molar-refractivity contribution in [3.63, 3.8) is 0 Å². The second-order valence-electron chi connectivity index (χ2n) is 6.81. The van der Waals surface area contributed by atoms with Crippen LogP contribution in [0.5, 0.6) is 0 Å². The zero-order valence-electron chi connectivity index (χ0n) is 11.9. The Morgan fingerprint density at radius 3 is 2.86 bits per heavy atom. The summed E-state index contributed by atoms with van der Waals surface area (Å²) in [7, 11) is 0. The standard InChI is InChI=1S/C17H19N3O/c18-15(10-5-6-10)16-19-17(21-20-16)14-12-8-7-9-3-1-2-4-11(9)13(12)14/h1-4,10,12-15H,5-8,18H2. The van der Waals surface area contributed by atoms with E-state index in [1.165, 1.54) is 36.8 Å². The number of fused-ring (bicyclic) bond motifs is 3. The van der Waals surface area contributed by atoms with E-state index < -0.39 is 0 Å². The van der Waals surface area contributed by atoms with Gasteiger partial charge in [-0.25, -0.2) is 0 Å². The molecule has 0 saturated heterocycles. The molecule has 21 heavy (non-hydrogen) atoms. The van der Waals surface area contributed by atoms with Gasteiger partial charge in [0.2, 0.25) is 5.89 Å². The fourth-order valence-corrected chi connectivity index (χ4v) is 4.09. The van der Waals surface area contributed by atoms with Crippen molar-refractivity contribution >= 4 is 0 Å². The summed E-state index contributed by atoms with van der Waals surface area (Å²) in [5, 5.41) is 4.14. The molecule has 4 unspecified atom stereocenters. The molecule has 0 radical (unpaired) electrons. The van der Waals surface area contributed by atoms with Gasteiger partial charge in [0.1, 0.15) is 0 Å². The van der Waals surface area contributed by atoms with Crippen molar-refractivity contribution in [1.82, 2.24) is 10.1 Å². The van der Waals surface area contributed by atoms with E-state index in [1.54, 1.807) is 0 Å². The molecule has 2 aromatic rings. The van der Waals surface area contributed by atoms with Crippen LogP contribution in [-0.2, 0) is 6.42 Å². The number of nitrogens with zero attached hydrogens (tertiary/aromatic N) is 2. The van der Waals surface area contributed by atoms with Gasteiger partial charge < -0.3 is 10.3 Å². The lowest BCUT2D eigenvalue weighted by atomic mass is 9.92. The van der Waals surface area contributed by atoms with E-state index in [0.29, 0.717) is 29.5 Å². The summed E-state index contributed by atoms with van der Waals surface area (Å²) in [6, 6.07) is 8.76. The third kappa shape index (κ3) is 1.78. The lowest BCUT2D eigenvalue weighted by Gasteiger charge is -2.13. The van der Waals surface area contributed by atoms with Crippen molar-refractivity contribution < 1.29 is 4.52 Å². The third-order valence-electron chi connectivity index (χ3n) is 5.50. The Hall–Kier alpha value is -1.68. The molecule has 2 N–H and O–H groups in total. The van der Waals surface area contributed by atoms with Crippen molar-refractivity contribution in [2.75, 3.05) is 0 Å². The molecule has 0 bridgehead atoms. The van der Waals surface area contributed by atoms with Gasteiger partial charge in [0, 0.05) is 5.92 Å². The highest BCUT2D eigenvalue weighted by Crippen LogP contribution is 2.64. The average molecular weight is 281 g/mol. The maximum absolute atomic E-state index is 6.17. The Morgan fingerprint density at radius 2 is 2.00 bits per heavy atom. The van der Waals surface area contributed by atoms with Gasteiger partial charge in [-0.05, 0) is 54.6 Å². The Bertz CT molecular complexity index is 691. The molecule has 108 valence electrons. The first-order valence-corrected chi connectivity index (χ1v) is 8.00. The average Bonchev–Trinajstić information content (AvgIpc) is 3.43. The summed E-state index contributed by atoms with van der Waals surface area (Å²) in [5.74, 6) is 3.78. The molecule has 4 atom stereocenters. The molecule has 3 aliphatic carbocycles. The first-order chi connectivity index (χ1) is 10.3. The van der Waals surface area contributed by atoms with Crippen molar-refractivity contribution in [3.05, 3.63) is 47.1 Å². The number of aryl methyl sites for hydroxylation is 1. The van der Waals surface area contributed by atoms with Crippen LogP contribution in [-0.4, -0.2) is 10.1 Å². The van der Waals surface area contributed by atoms with Gasteiger partial charge in [0.15, 0.2) is 5.82 Å². The van der Waals surface area contributed by atoms with Gasteiger partial charge in [-0.15, -0.1) is 0 Å². The fraction of sp³-hybridized carbons (Fsp3) is 0.529. The number of nitrogens with two attached hydrogens (primary N) is 1. The molecule has 3 aliphatic rings. The molecule has 2 saturated carbocycles. The van der Waals surface area contributed by atoms with Crippen LogP contribution in [0, 0.1) is 11.8 Å². The van der Waals surface area contributed by atoms with Gasteiger partial charge in [-0.1, -0.05) is 29.4 Å². The first-order valence-electron chi connectivity index (χ1n) is 8.00. The first kappa shape index (κ1) is 11.9. The predicted octanol–water partition coefficient (Wildman–Crippen LogP) is 2.92. The van der Waals surface area contributed by atoms with Gasteiger partial charge >= 0.3 is 0 Å². The summed E-state index contributed by atoms with van der Waals surface area (Å²) in [6.07, 6.45) is 4.81. The van der Waals surface area contributed by atoms with Crippen LogP contribution in [0.15, 0.2) is 28.8 Å². The Kier molecular flexibility index (Phi) is 2.37. The van der Waals surface area contributed by atoms with Crippen molar-refractivity contribution in [2.45, 2.75) is 43.6 Å². The minimum absolute atomic E-state index is 0.0319. The van der Waals surface area contributed by atoms with E-state index in [0.717, 1.165) is 5.89 Å². The topological polar surface area (TPSA) is 64.9 Å². The number of hydrogen-bond acceptors (Lipinski definition) is 4. The Balaban J connectivity index is 1.43. The summed E-state index contributed by atoms with van der Waals surface area (Å²) in [6.45, 7) is 0. The Labute approximate surface area is 123 Å². The minimum Gasteiger partial charge on any atom is -0.339 e. The van der Waals surface area contributed by atoms with Gasteiger partial charge in [-0.3, -0.25) is 0 Å². The molecule has 1 aromatic heterocycles. The highest BCUT2D eigenvalue weighted by molar-refractivity contribution is 5.42. The molecular formula is C17H19N3O. The van der Waals surface area contributed by atoms with E-state index in [2.05, 4.69) is 34.4 Å². The number of benzene rings is 1. The van der Waals surface area contributed by atoms with Crippen LogP contribution in [0.4, 0.5) is 0 Å². The molecule has 4 heteroatoms. The second kappa shape index (κ2) is 4.17. The summed E-state index contributed by atoms with van der Waals surface area (Å²) < 4.78 is 5.55. The zero-order chi connectivity index (χ0) is 14.0. The minimum atomic E-state index is -0.0319. The van der Waals surface area contributed by atoms with Crippen molar-refractivity contribution in [2.24, 2.45) is 17.6 Å². The van der Waals surface area contributed by atoms with Crippen LogP contribution in [0.25, 0.3) is 0 Å². The van der Waals surface area contributed by atoms with Gasteiger partial charge in [0.05, 0.1) is 6.04 Å². The maximum atomic E-state index is 6.17. The molecule has 4 nitrogen and oxygen atoms in total. The second-order valence-corrected chi connectivity index (χ2v) is 6.81. The number of hydrogen-bond donors (Lipinski definition) is 1. The normalized spacial score (nSPS) is 31.4. The monoisotopic (exact) mass is 281 g/mol. The third-order valence-corrected chi connectivity index (χ3v) is 5.50. The van der Waals surface area contributed by atoms with Crippen LogP contribution in [0.1, 0.15) is 60.0 Å². The van der Waals surface area contributed by atoms with Crippen molar-refractivity contribution in [1.29, 1.82) is 0 Å². The largest absolute Gasteiger partial charge is 0.339 e. The van der Waals surface area contributed by atoms with Crippen molar-refractivity contribution in [3.8, 4) is 0 Å². The lowest BCUT2D eigenvalue weighted by Crippen LogP contribution is -2.14. The number of rotatable bonds is 3. The number of aromatic nitrogens is 2. The van der Waals surface area contributed by atoms with E-state index in [1.807, 2.05) is 0 Å². The summed E-state index contributed by atoms with van der Waals surface area (Å²) in [4.78, 5) is 4.63. The molecular weight excluding hydrogens is 262 g/mol. The van der Waals surface area contributed by atoms with E-state index in [4.69, 9.17) is 10.3 Å². The van der Waals surface area contributed by atoms with Crippen LogP contribution >= 0.6 is 0 Å². The van der Waals surface area contributed by atoms with E-state index >= 15 is 0 Å². The molecule has 5 rings (SSSR count). The fourth-order valence-electron chi connectivity index (χ4n) is 4.09. The smallest absolute Gasteiger partial charge is 0.230 e. The Morgan fingerprint density at radius 1 is 1.14 bits per heavy atom. The molecule has 0 aliphatic heterocycles. The molecule has 2 fully saturated rings. The quantitative estimate of drug-likeness (QED) is 0.939. The molecule has 0 spiro atoms. The molecule has 1 heterocycles.